The summed E-state index contributed by atoms with van der Waals surface area (Å²) < 4.78 is 0. The zero-order valence-electron chi connectivity index (χ0n) is 5.43. The van der Waals surface area contributed by atoms with Crippen molar-refractivity contribution in [2.24, 2.45) is 10.9 Å². The Morgan fingerprint density at radius 2 is 2.38 bits per heavy atom. The van der Waals surface area contributed by atoms with E-state index in [4.69, 9.17) is 0 Å². The number of aliphatic imine (C=N–C) groups is 1. The van der Waals surface area contributed by atoms with Crippen LogP contribution in [-0.2, 0) is 0 Å². The quantitative estimate of drug-likeness (QED) is 0.388. The summed E-state index contributed by atoms with van der Waals surface area (Å²) in [4.78, 5) is 3.76. The van der Waals surface area contributed by atoms with Crippen LogP contribution in [-0.4, -0.2) is 13.3 Å². The van der Waals surface area contributed by atoms with Crippen molar-refractivity contribution >= 4 is 6.72 Å². The lowest BCUT2D eigenvalue weighted by Gasteiger charge is -2.02. The third-order valence-corrected chi connectivity index (χ3v) is 1.22. The molecule has 0 spiro atoms. The highest BCUT2D eigenvalue weighted by Gasteiger charge is 1.95. The molecule has 46 valence electrons. The van der Waals surface area contributed by atoms with Gasteiger partial charge in [0.15, 0.2) is 0 Å². The van der Waals surface area contributed by atoms with Gasteiger partial charge in [0.2, 0.25) is 0 Å². The van der Waals surface area contributed by atoms with Gasteiger partial charge in [-0.05, 0) is 19.1 Å². The first kappa shape index (κ1) is 7.41. The van der Waals surface area contributed by atoms with Gasteiger partial charge in [0.05, 0.1) is 0 Å². The fourth-order valence-electron chi connectivity index (χ4n) is 0.536. The fourth-order valence-corrected chi connectivity index (χ4v) is 0.536. The summed E-state index contributed by atoms with van der Waals surface area (Å²) >= 11 is 0. The highest BCUT2D eigenvalue weighted by molar-refractivity contribution is 5.23. The Morgan fingerprint density at radius 1 is 1.75 bits per heavy atom. The van der Waals surface area contributed by atoms with Gasteiger partial charge < -0.3 is 4.99 Å². The Bertz CT molecular complexity index is 76.5. The summed E-state index contributed by atoms with van der Waals surface area (Å²) in [5.74, 6) is 0.535. The Morgan fingerprint density at radius 3 is 2.50 bits per heavy atom. The molecule has 0 aliphatic rings. The van der Waals surface area contributed by atoms with E-state index in [9.17, 15) is 0 Å². The van der Waals surface area contributed by atoms with Crippen LogP contribution in [0.3, 0.4) is 0 Å². The molecule has 0 aliphatic carbocycles. The normalized spacial score (nSPS) is 12.6. The summed E-state index contributed by atoms with van der Waals surface area (Å²) in [5.41, 5.74) is 0. The second kappa shape index (κ2) is 4.57. The minimum Gasteiger partial charge on any atom is -0.300 e. The van der Waals surface area contributed by atoms with Crippen LogP contribution in [0.1, 0.15) is 13.3 Å². The Kier molecular flexibility index (Phi) is 4.23. The summed E-state index contributed by atoms with van der Waals surface area (Å²) in [6.45, 7) is 10.0. The average Bonchev–Trinajstić information content (AvgIpc) is 1.83. The number of nitrogens with zero attached hydrogens (tertiary/aromatic N) is 1. The third-order valence-electron chi connectivity index (χ3n) is 1.22. The Hall–Kier alpha value is -0.590. The lowest BCUT2D eigenvalue weighted by molar-refractivity contribution is 0.644. The van der Waals surface area contributed by atoms with Crippen LogP contribution in [0.5, 0.6) is 0 Å². The molecule has 0 amide bonds. The first-order valence-corrected chi connectivity index (χ1v) is 2.90. The van der Waals surface area contributed by atoms with Crippen molar-refractivity contribution in [2.75, 3.05) is 6.54 Å². The monoisotopic (exact) mass is 111 g/mol. The predicted molar refractivity (Wildman–Crippen MR) is 38.4 cm³/mol. The van der Waals surface area contributed by atoms with E-state index in [0.717, 1.165) is 13.0 Å². The largest absolute Gasteiger partial charge is 0.300 e. The molecule has 1 nitrogen and oxygen atoms in total. The van der Waals surface area contributed by atoms with E-state index >= 15 is 0 Å². The molecule has 8 heavy (non-hydrogen) atoms. The lowest BCUT2D eigenvalue weighted by atomic mass is 10.1. The molecule has 0 aromatic carbocycles. The zero-order chi connectivity index (χ0) is 6.41. The van der Waals surface area contributed by atoms with Gasteiger partial charge in [0, 0.05) is 6.54 Å². The minimum absolute atomic E-state index is 0.535. The first-order valence-electron chi connectivity index (χ1n) is 2.90. The number of hydrogen-bond acceptors (Lipinski definition) is 1. The smallest absolute Gasteiger partial charge is 0.0444 e. The van der Waals surface area contributed by atoms with E-state index in [2.05, 4.69) is 25.2 Å². The van der Waals surface area contributed by atoms with Crippen molar-refractivity contribution in [3.63, 3.8) is 0 Å². The van der Waals surface area contributed by atoms with Gasteiger partial charge in [0.25, 0.3) is 0 Å². The molecule has 1 unspecified atom stereocenters. The van der Waals surface area contributed by atoms with Crippen molar-refractivity contribution < 1.29 is 0 Å². The molecular weight excluding hydrogens is 98.1 g/mol. The van der Waals surface area contributed by atoms with Crippen molar-refractivity contribution in [1.82, 2.24) is 0 Å². The topological polar surface area (TPSA) is 12.4 Å². The standard InChI is InChI=1S/C7H13N/c1-4-7(5-2)6-8-3/h4,7H,1,3,5-6H2,2H3. The maximum atomic E-state index is 3.76. The molecular formula is C7H13N. The molecule has 0 aromatic heterocycles. The van der Waals surface area contributed by atoms with Crippen LogP contribution < -0.4 is 0 Å². The van der Waals surface area contributed by atoms with E-state index in [1.54, 1.807) is 0 Å². The van der Waals surface area contributed by atoms with Crippen molar-refractivity contribution in [2.45, 2.75) is 13.3 Å². The van der Waals surface area contributed by atoms with Gasteiger partial charge >= 0.3 is 0 Å². The van der Waals surface area contributed by atoms with Crippen LogP contribution in [0.4, 0.5) is 0 Å². The molecule has 0 bridgehead atoms. The van der Waals surface area contributed by atoms with Crippen LogP contribution in [0.15, 0.2) is 17.6 Å². The summed E-state index contributed by atoms with van der Waals surface area (Å²) in [6.07, 6.45) is 3.04. The van der Waals surface area contributed by atoms with E-state index in [0.29, 0.717) is 5.92 Å². The summed E-state index contributed by atoms with van der Waals surface area (Å²) in [6, 6.07) is 0. The Balaban J connectivity index is 3.35. The molecule has 1 heteroatoms. The minimum atomic E-state index is 0.535. The second-order valence-corrected chi connectivity index (χ2v) is 1.81. The molecule has 0 saturated heterocycles. The van der Waals surface area contributed by atoms with Gasteiger partial charge in [-0.15, -0.1) is 6.58 Å². The number of rotatable bonds is 4. The Labute approximate surface area is 51.1 Å². The molecule has 0 N–H and O–H groups in total. The molecule has 0 fully saturated rings. The highest BCUT2D eigenvalue weighted by Crippen LogP contribution is 2.01. The van der Waals surface area contributed by atoms with E-state index in [-0.39, 0.29) is 0 Å². The maximum absolute atomic E-state index is 3.76. The zero-order valence-corrected chi connectivity index (χ0v) is 5.43. The van der Waals surface area contributed by atoms with E-state index < -0.39 is 0 Å². The van der Waals surface area contributed by atoms with Gasteiger partial charge in [-0.2, -0.15) is 0 Å². The molecule has 0 aromatic rings. The van der Waals surface area contributed by atoms with Crippen molar-refractivity contribution in [3.05, 3.63) is 12.7 Å². The van der Waals surface area contributed by atoms with Crippen LogP contribution in [0.25, 0.3) is 0 Å². The molecule has 0 rings (SSSR count). The molecule has 0 radical (unpaired) electrons. The molecule has 0 saturated carbocycles. The van der Waals surface area contributed by atoms with Crippen molar-refractivity contribution in [1.29, 1.82) is 0 Å². The van der Waals surface area contributed by atoms with Crippen molar-refractivity contribution in [3.8, 4) is 0 Å². The fraction of sp³-hybridized carbons (Fsp3) is 0.571. The van der Waals surface area contributed by atoms with Gasteiger partial charge in [-0.25, -0.2) is 0 Å². The SMILES string of the molecule is C=CC(CC)CN=C. The number of hydrogen-bond donors (Lipinski definition) is 0. The highest BCUT2D eigenvalue weighted by atomic mass is 14.7. The van der Waals surface area contributed by atoms with Gasteiger partial charge in [-0.1, -0.05) is 13.0 Å². The molecule has 0 aliphatic heterocycles. The maximum Gasteiger partial charge on any atom is 0.0444 e. The van der Waals surface area contributed by atoms with E-state index in [1.165, 1.54) is 0 Å². The summed E-state index contributed by atoms with van der Waals surface area (Å²) in [7, 11) is 0. The third kappa shape index (κ3) is 2.56. The van der Waals surface area contributed by atoms with Gasteiger partial charge in [-0.3, -0.25) is 0 Å². The molecule has 1 atom stereocenters. The predicted octanol–water partition coefficient (Wildman–Crippen LogP) is 1.90. The van der Waals surface area contributed by atoms with Crippen LogP contribution >= 0.6 is 0 Å². The average molecular weight is 111 g/mol. The second-order valence-electron chi connectivity index (χ2n) is 1.81. The summed E-state index contributed by atoms with van der Waals surface area (Å²) in [5, 5.41) is 0. The van der Waals surface area contributed by atoms with Crippen LogP contribution in [0.2, 0.25) is 0 Å². The van der Waals surface area contributed by atoms with Gasteiger partial charge in [0.1, 0.15) is 0 Å². The first-order chi connectivity index (χ1) is 3.85. The van der Waals surface area contributed by atoms with Crippen LogP contribution in [0, 0.1) is 5.92 Å². The molecule has 0 heterocycles. The lowest BCUT2D eigenvalue weighted by Crippen LogP contribution is -1.96. The van der Waals surface area contributed by atoms with E-state index in [1.807, 2.05) is 6.08 Å².